The van der Waals surface area contributed by atoms with E-state index in [2.05, 4.69) is 27.8 Å². The van der Waals surface area contributed by atoms with Gasteiger partial charge in [-0.3, -0.25) is 14.4 Å². The van der Waals surface area contributed by atoms with E-state index in [0.29, 0.717) is 28.4 Å². The maximum atomic E-state index is 12.8. The van der Waals surface area contributed by atoms with E-state index < -0.39 is 0 Å². The summed E-state index contributed by atoms with van der Waals surface area (Å²) in [6.07, 6.45) is 1.18. The summed E-state index contributed by atoms with van der Waals surface area (Å²) in [5, 5.41) is 12.6. The summed E-state index contributed by atoms with van der Waals surface area (Å²) in [5.74, 6) is -0.712. The quantitative estimate of drug-likeness (QED) is 0.482. The Labute approximate surface area is 177 Å². The Morgan fingerprint density at radius 1 is 1.17 bits per heavy atom. The molecule has 0 unspecified atom stereocenters. The first kappa shape index (κ1) is 19.7. The lowest BCUT2D eigenvalue weighted by Gasteiger charge is -2.10. The molecule has 0 saturated heterocycles. The molecular formula is C22H20N4O3S. The third kappa shape index (κ3) is 3.90. The van der Waals surface area contributed by atoms with E-state index in [1.807, 2.05) is 13.0 Å². The van der Waals surface area contributed by atoms with Gasteiger partial charge < -0.3 is 21.3 Å². The molecule has 0 saturated carbocycles. The van der Waals surface area contributed by atoms with E-state index >= 15 is 0 Å². The zero-order chi connectivity index (χ0) is 21.3. The molecule has 1 aliphatic heterocycles. The summed E-state index contributed by atoms with van der Waals surface area (Å²) in [4.78, 5) is 37.3. The summed E-state index contributed by atoms with van der Waals surface area (Å²) < 4.78 is 0.933. The second kappa shape index (κ2) is 8.00. The van der Waals surface area contributed by atoms with E-state index in [1.165, 1.54) is 17.4 Å². The highest BCUT2D eigenvalue weighted by Crippen LogP contribution is 2.37. The lowest BCUT2D eigenvalue weighted by Crippen LogP contribution is -2.34. The van der Waals surface area contributed by atoms with E-state index in [9.17, 15) is 14.4 Å². The number of hydrogen-bond acceptors (Lipinski definition) is 5. The topological polar surface area (TPSA) is 99.3 Å². The Balaban J connectivity index is 1.60. The first-order chi connectivity index (χ1) is 14.4. The second-order valence-electron chi connectivity index (χ2n) is 7.00. The van der Waals surface area contributed by atoms with Crippen molar-refractivity contribution in [1.82, 2.24) is 5.32 Å². The SMILES string of the molecule is C=CC(=O)Nc1cccc(NC(=O)c2ccc3sc4c(c3c2)NC[C@@H](C)NC4=O)c1. The second-order valence-corrected chi connectivity index (χ2v) is 8.05. The number of nitrogens with one attached hydrogen (secondary N) is 4. The Hall–Kier alpha value is -3.65. The van der Waals surface area contributed by atoms with Gasteiger partial charge in [0.2, 0.25) is 5.91 Å². The van der Waals surface area contributed by atoms with Gasteiger partial charge in [-0.2, -0.15) is 0 Å². The molecule has 0 radical (unpaired) electrons. The fourth-order valence-corrected chi connectivity index (χ4v) is 4.30. The number of anilines is 3. The van der Waals surface area contributed by atoms with Gasteiger partial charge >= 0.3 is 0 Å². The van der Waals surface area contributed by atoms with Crippen LogP contribution in [0.4, 0.5) is 17.1 Å². The normalized spacial score (nSPS) is 15.4. The van der Waals surface area contributed by atoms with Crippen LogP contribution in [-0.4, -0.2) is 30.3 Å². The zero-order valence-corrected chi connectivity index (χ0v) is 17.1. The van der Waals surface area contributed by atoms with E-state index in [1.54, 1.807) is 36.4 Å². The van der Waals surface area contributed by atoms with Gasteiger partial charge in [0.15, 0.2) is 0 Å². The molecule has 2 aromatic carbocycles. The van der Waals surface area contributed by atoms with Crippen LogP contribution in [0, 0.1) is 0 Å². The largest absolute Gasteiger partial charge is 0.381 e. The van der Waals surface area contributed by atoms with Crippen LogP contribution in [0.25, 0.3) is 10.1 Å². The van der Waals surface area contributed by atoms with Gasteiger partial charge in [-0.25, -0.2) is 0 Å². The molecule has 30 heavy (non-hydrogen) atoms. The minimum Gasteiger partial charge on any atom is -0.381 e. The van der Waals surface area contributed by atoms with Crippen LogP contribution in [0.3, 0.4) is 0 Å². The van der Waals surface area contributed by atoms with Crippen LogP contribution in [-0.2, 0) is 4.79 Å². The monoisotopic (exact) mass is 420 g/mol. The molecule has 4 N–H and O–H groups in total. The third-order valence-corrected chi connectivity index (χ3v) is 5.86. The molecule has 0 spiro atoms. The summed E-state index contributed by atoms with van der Waals surface area (Å²) >= 11 is 1.40. The van der Waals surface area contributed by atoms with Crippen LogP contribution >= 0.6 is 11.3 Å². The number of carbonyl (C=O) groups excluding carboxylic acids is 3. The Morgan fingerprint density at radius 3 is 2.70 bits per heavy atom. The molecule has 2 heterocycles. The van der Waals surface area contributed by atoms with Crippen molar-refractivity contribution >= 4 is 56.2 Å². The molecular weight excluding hydrogens is 400 g/mol. The standard InChI is InChI=1S/C22H20N4O3S/c1-3-18(27)25-14-5-4-6-15(10-14)26-21(28)13-7-8-17-16(9-13)19-20(30-17)22(29)24-12(2)11-23-19/h3-10,12,23H,1,11H2,2H3,(H,24,29)(H,25,27)(H,26,28)/t12-/m1/s1. The number of rotatable bonds is 4. The van der Waals surface area contributed by atoms with Crippen molar-refractivity contribution in [2.75, 3.05) is 22.5 Å². The highest BCUT2D eigenvalue weighted by molar-refractivity contribution is 7.21. The van der Waals surface area contributed by atoms with Gasteiger partial charge in [0.05, 0.1) is 5.69 Å². The summed E-state index contributed by atoms with van der Waals surface area (Å²) in [6.45, 7) is 5.98. The number of fused-ring (bicyclic) bond motifs is 3. The van der Waals surface area contributed by atoms with Gasteiger partial charge in [0, 0.05) is 39.6 Å². The average molecular weight is 420 g/mol. The average Bonchev–Trinajstić information content (AvgIpc) is 3.03. The van der Waals surface area contributed by atoms with E-state index in [4.69, 9.17) is 0 Å². The van der Waals surface area contributed by atoms with Crippen LogP contribution in [0.1, 0.15) is 27.0 Å². The van der Waals surface area contributed by atoms with E-state index in [-0.39, 0.29) is 23.8 Å². The summed E-state index contributed by atoms with van der Waals surface area (Å²) in [7, 11) is 0. The molecule has 0 fully saturated rings. The fraction of sp³-hybridized carbons (Fsp3) is 0.136. The maximum absolute atomic E-state index is 12.8. The minimum atomic E-state index is -0.326. The maximum Gasteiger partial charge on any atom is 0.263 e. The molecule has 152 valence electrons. The van der Waals surface area contributed by atoms with Crippen molar-refractivity contribution in [2.45, 2.75) is 13.0 Å². The van der Waals surface area contributed by atoms with Gasteiger partial charge in [-0.1, -0.05) is 12.6 Å². The number of thiophene rings is 1. The number of carbonyl (C=O) groups is 3. The molecule has 0 bridgehead atoms. The molecule has 3 amide bonds. The van der Waals surface area contributed by atoms with Gasteiger partial charge in [0.1, 0.15) is 4.88 Å². The van der Waals surface area contributed by atoms with Gasteiger partial charge in [0.25, 0.3) is 11.8 Å². The fourth-order valence-electron chi connectivity index (χ4n) is 3.24. The lowest BCUT2D eigenvalue weighted by molar-refractivity contribution is -0.111. The van der Waals surface area contributed by atoms with Crippen molar-refractivity contribution in [3.63, 3.8) is 0 Å². The van der Waals surface area contributed by atoms with Crippen molar-refractivity contribution in [3.8, 4) is 0 Å². The van der Waals surface area contributed by atoms with Gasteiger partial charge in [-0.05, 0) is 49.4 Å². The predicted octanol–water partition coefficient (Wildman–Crippen LogP) is 3.82. The van der Waals surface area contributed by atoms with Crippen LogP contribution in [0.15, 0.2) is 55.1 Å². The smallest absolute Gasteiger partial charge is 0.263 e. The lowest BCUT2D eigenvalue weighted by atomic mass is 10.1. The first-order valence-corrected chi connectivity index (χ1v) is 10.2. The number of hydrogen-bond donors (Lipinski definition) is 4. The molecule has 1 aromatic heterocycles. The molecule has 1 atom stereocenters. The summed E-state index contributed by atoms with van der Waals surface area (Å²) in [5.41, 5.74) is 2.35. The van der Waals surface area contributed by atoms with Gasteiger partial charge in [-0.15, -0.1) is 11.3 Å². The van der Waals surface area contributed by atoms with Crippen LogP contribution in [0.2, 0.25) is 0 Å². The highest BCUT2D eigenvalue weighted by Gasteiger charge is 2.24. The Morgan fingerprint density at radius 2 is 1.93 bits per heavy atom. The highest BCUT2D eigenvalue weighted by atomic mass is 32.1. The van der Waals surface area contributed by atoms with Crippen LogP contribution < -0.4 is 21.3 Å². The Kier molecular flexibility index (Phi) is 5.24. The predicted molar refractivity (Wildman–Crippen MR) is 120 cm³/mol. The first-order valence-electron chi connectivity index (χ1n) is 9.40. The zero-order valence-electron chi connectivity index (χ0n) is 16.2. The van der Waals surface area contributed by atoms with Crippen molar-refractivity contribution in [3.05, 3.63) is 65.6 Å². The molecule has 0 aliphatic carbocycles. The van der Waals surface area contributed by atoms with E-state index in [0.717, 1.165) is 15.8 Å². The minimum absolute atomic E-state index is 0.0208. The molecule has 7 nitrogen and oxygen atoms in total. The van der Waals surface area contributed by atoms with Crippen molar-refractivity contribution in [2.24, 2.45) is 0 Å². The molecule has 1 aliphatic rings. The number of amides is 3. The summed E-state index contributed by atoms with van der Waals surface area (Å²) in [6, 6.07) is 12.3. The molecule has 3 aromatic rings. The van der Waals surface area contributed by atoms with Crippen molar-refractivity contribution < 1.29 is 14.4 Å². The van der Waals surface area contributed by atoms with Crippen molar-refractivity contribution in [1.29, 1.82) is 0 Å². The van der Waals surface area contributed by atoms with Crippen LogP contribution in [0.5, 0.6) is 0 Å². The molecule has 4 rings (SSSR count). The number of benzene rings is 2. The third-order valence-electron chi connectivity index (χ3n) is 4.69. The molecule has 8 heteroatoms. The Bertz CT molecular complexity index is 1180.